The molecule has 0 saturated carbocycles. The van der Waals surface area contributed by atoms with E-state index in [0.29, 0.717) is 19.4 Å². The second kappa shape index (κ2) is 8.24. The van der Waals surface area contributed by atoms with Crippen molar-refractivity contribution in [1.82, 2.24) is 15.1 Å². The van der Waals surface area contributed by atoms with E-state index in [-0.39, 0.29) is 29.6 Å². The third-order valence-corrected chi connectivity index (χ3v) is 4.49. The summed E-state index contributed by atoms with van der Waals surface area (Å²) in [4.78, 5) is 28.4. The molecular weight excluding hydrogens is 309 g/mol. The maximum absolute atomic E-state index is 13.2. The average Bonchev–Trinajstić information content (AvgIpc) is 2.54. The van der Waals surface area contributed by atoms with Crippen LogP contribution in [0.15, 0.2) is 24.3 Å². The molecule has 132 valence electrons. The average molecular weight is 335 g/mol. The van der Waals surface area contributed by atoms with Crippen LogP contribution in [0.3, 0.4) is 0 Å². The van der Waals surface area contributed by atoms with E-state index in [9.17, 15) is 14.0 Å². The summed E-state index contributed by atoms with van der Waals surface area (Å²) in [6.45, 7) is 1.52. The van der Waals surface area contributed by atoms with Gasteiger partial charge in [-0.3, -0.25) is 9.59 Å². The van der Waals surface area contributed by atoms with Crippen molar-refractivity contribution in [3.63, 3.8) is 0 Å². The fourth-order valence-corrected chi connectivity index (χ4v) is 3.17. The zero-order chi connectivity index (χ0) is 17.7. The molecule has 0 radical (unpaired) electrons. The minimum Gasteiger partial charge on any atom is -0.356 e. The van der Waals surface area contributed by atoms with E-state index in [1.807, 2.05) is 14.1 Å². The van der Waals surface area contributed by atoms with Crippen LogP contribution in [0.25, 0.3) is 0 Å². The number of amides is 2. The summed E-state index contributed by atoms with van der Waals surface area (Å²) < 4.78 is 13.2. The van der Waals surface area contributed by atoms with Gasteiger partial charge in [-0.2, -0.15) is 0 Å². The van der Waals surface area contributed by atoms with Gasteiger partial charge in [0, 0.05) is 20.0 Å². The monoisotopic (exact) mass is 335 g/mol. The molecule has 1 aromatic rings. The number of nitrogens with zero attached hydrogens (tertiary/aromatic N) is 2. The maximum Gasteiger partial charge on any atom is 0.225 e. The lowest BCUT2D eigenvalue weighted by Gasteiger charge is -2.38. The highest BCUT2D eigenvalue weighted by Crippen LogP contribution is 2.35. The molecule has 5 nitrogen and oxygen atoms in total. The number of hydrogen-bond donors (Lipinski definition) is 1. The van der Waals surface area contributed by atoms with Crippen molar-refractivity contribution >= 4 is 11.8 Å². The molecule has 1 aromatic carbocycles. The highest BCUT2D eigenvalue weighted by atomic mass is 19.1. The lowest BCUT2D eigenvalue weighted by molar-refractivity contribution is -0.141. The predicted molar refractivity (Wildman–Crippen MR) is 90.8 cm³/mol. The van der Waals surface area contributed by atoms with Crippen molar-refractivity contribution in [2.24, 2.45) is 5.92 Å². The highest BCUT2D eigenvalue weighted by molar-refractivity contribution is 5.84. The van der Waals surface area contributed by atoms with Gasteiger partial charge >= 0.3 is 0 Å². The molecule has 0 spiro atoms. The van der Waals surface area contributed by atoms with Crippen molar-refractivity contribution in [3.05, 3.63) is 35.6 Å². The molecule has 1 heterocycles. The van der Waals surface area contributed by atoms with Gasteiger partial charge in [0.15, 0.2) is 0 Å². The minimum atomic E-state index is -0.347. The molecular formula is C18H26FN3O2. The first-order chi connectivity index (χ1) is 11.4. The van der Waals surface area contributed by atoms with Gasteiger partial charge in [0.2, 0.25) is 11.8 Å². The van der Waals surface area contributed by atoms with E-state index in [4.69, 9.17) is 0 Å². The molecule has 2 amide bonds. The van der Waals surface area contributed by atoms with Gasteiger partial charge in [0.1, 0.15) is 5.82 Å². The van der Waals surface area contributed by atoms with Crippen molar-refractivity contribution in [2.45, 2.75) is 25.3 Å². The Bertz CT molecular complexity index is 574. The van der Waals surface area contributed by atoms with Crippen molar-refractivity contribution in [1.29, 1.82) is 0 Å². The molecule has 0 bridgehead atoms. The minimum absolute atomic E-state index is 0.0148. The third kappa shape index (κ3) is 4.54. The lowest BCUT2D eigenvalue weighted by atomic mass is 9.84. The lowest BCUT2D eigenvalue weighted by Crippen LogP contribution is -2.46. The summed E-state index contributed by atoms with van der Waals surface area (Å²) >= 11 is 0. The Balaban J connectivity index is 2.08. The zero-order valence-electron chi connectivity index (χ0n) is 14.6. The molecule has 0 unspecified atom stereocenters. The van der Waals surface area contributed by atoms with Gasteiger partial charge in [0.25, 0.3) is 0 Å². The Labute approximate surface area is 142 Å². The van der Waals surface area contributed by atoms with Gasteiger partial charge in [-0.25, -0.2) is 4.39 Å². The van der Waals surface area contributed by atoms with Gasteiger partial charge < -0.3 is 15.1 Å². The van der Waals surface area contributed by atoms with Crippen molar-refractivity contribution < 1.29 is 14.0 Å². The Morgan fingerprint density at radius 3 is 2.62 bits per heavy atom. The van der Waals surface area contributed by atoms with Crippen LogP contribution in [-0.4, -0.2) is 55.8 Å². The smallest absolute Gasteiger partial charge is 0.225 e. The Morgan fingerprint density at radius 1 is 1.33 bits per heavy atom. The van der Waals surface area contributed by atoms with E-state index in [0.717, 1.165) is 18.5 Å². The molecule has 24 heavy (non-hydrogen) atoms. The molecule has 1 aliphatic heterocycles. The van der Waals surface area contributed by atoms with Crippen LogP contribution in [0, 0.1) is 11.7 Å². The van der Waals surface area contributed by atoms with Crippen LogP contribution >= 0.6 is 0 Å². The highest BCUT2D eigenvalue weighted by Gasteiger charge is 2.38. The first-order valence-corrected chi connectivity index (χ1v) is 8.33. The zero-order valence-corrected chi connectivity index (χ0v) is 14.6. The van der Waals surface area contributed by atoms with Gasteiger partial charge in [0.05, 0.1) is 12.0 Å². The summed E-state index contributed by atoms with van der Waals surface area (Å²) in [6, 6.07) is 5.70. The fraction of sp³-hybridized carbons (Fsp3) is 0.556. The van der Waals surface area contributed by atoms with E-state index in [1.54, 1.807) is 24.1 Å². The van der Waals surface area contributed by atoms with E-state index >= 15 is 0 Å². The topological polar surface area (TPSA) is 52.7 Å². The number of carbonyl (C=O) groups is 2. The summed E-state index contributed by atoms with van der Waals surface area (Å²) in [7, 11) is 5.70. The number of nitrogens with one attached hydrogen (secondary N) is 1. The van der Waals surface area contributed by atoms with Gasteiger partial charge in [-0.15, -0.1) is 0 Å². The number of benzene rings is 1. The molecule has 0 aliphatic carbocycles. The number of hydrogen-bond acceptors (Lipinski definition) is 3. The van der Waals surface area contributed by atoms with E-state index in [1.165, 1.54) is 12.1 Å². The Morgan fingerprint density at radius 2 is 2.00 bits per heavy atom. The van der Waals surface area contributed by atoms with Gasteiger partial charge in [-0.1, -0.05) is 12.1 Å². The van der Waals surface area contributed by atoms with Crippen LogP contribution in [0.2, 0.25) is 0 Å². The second-order valence-corrected chi connectivity index (χ2v) is 6.59. The Hall–Kier alpha value is -1.95. The molecule has 1 N–H and O–H groups in total. The van der Waals surface area contributed by atoms with Crippen molar-refractivity contribution in [3.8, 4) is 0 Å². The van der Waals surface area contributed by atoms with Crippen LogP contribution in [-0.2, 0) is 9.59 Å². The number of rotatable bonds is 6. The molecule has 2 atom stereocenters. The molecule has 1 fully saturated rings. The van der Waals surface area contributed by atoms with Crippen LogP contribution in [0.5, 0.6) is 0 Å². The molecule has 0 aromatic heterocycles. The van der Waals surface area contributed by atoms with Gasteiger partial charge in [-0.05, 0) is 51.2 Å². The number of halogens is 1. The normalized spacial score (nSPS) is 21.2. The molecule has 1 aliphatic rings. The summed E-state index contributed by atoms with van der Waals surface area (Å²) in [5, 5.41) is 2.98. The van der Waals surface area contributed by atoms with Crippen LogP contribution in [0.4, 0.5) is 4.39 Å². The Kier molecular flexibility index (Phi) is 6.31. The predicted octanol–water partition coefficient (Wildman–Crippen LogP) is 1.80. The van der Waals surface area contributed by atoms with Crippen molar-refractivity contribution in [2.75, 3.05) is 34.2 Å². The number of piperidine rings is 1. The quantitative estimate of drug-likeness (QED) is 0.807. The first kappa shape index (κ1) is 18.4. The molecule has 6 heteroatoms. The maximum atomic E-state index is 13.2. The number of carbonyl (C=O) groups excluding carboxylic acids is 2. The van der Waals surface area contributed by atoms with E-state index in [2.05, 4.69) is 10.2 Å². The SMILES string of the molecule is CN(C)CCCNC(=O)[C@@H]1CCC(=O)N(C)[C@@H]1c1ccc(F)cc1. The number of likely N-dealkylation sites (tertiary alicyclic amines) is 1. The standard InChI is InChI=1S/C18H26FN3O2/c1-21(2)12-4-11-20-18(24)15-9-10-16(23)22(3)17(15)13-5-7-14(19)8-6-13/h5-8,15,17H,4,9-12H2,1-3H3,(H,20,24)/t15-,17-/m1/s1. The summed E-state index contributed by atoms with van der Waals surface area (Å²) in [5.74, 6) is -0.658. The molecule has 2 rings (SSSR count). The summed E-state index contributed by atoms with van der Waals surface area (Å²) in [6.07, 6.45) is 1.76. The fourth-order valence-electron chi connectivity index (χ4n) is 3.17. The van der Waals surface area contributed by atoms with Crippen LogP contribution < -0.4 is 5.32 Å². The van der Waals surface area contributed by atoms with Crippen LogP contribution in [0.1, 0.15) is 30.9 Å². The third-order valence-electron chi connectivity index (χ3n) is 4.49. The molecule has 1 saturated heterocycles. The first-order valence-electron chi connectivity index (χ1n) is 8.33. The van der Waals surface area contributed by atoms with E-state index < -0.39 is 0 Å². The second-order valence-electron chi connectivity index (χ2n) is 6.59. The summed E-state index contributed by atoms with van der Waals surface area (Å²) in [5.41, 5.74) is 0.792. The largest absolute Gasteiger partial charge is 0.356 e.